The number of nitrogens with zero attached hydrogens (tertiary/aromatic N) is 1. The molecule has 1 spiro atoms. The first-order valence-corrected chi connectivity index (χ1v) is 7.35. The predicted molar refractivity (Wildman–Crippen MR) is 76.8 cm³/mol. The van der Waals surface area contributed by atoms with Crippen LogP contribution < -0.4 is 5.32 Å². The topological polar surface area (TPSA) is 52.6 Å². The Labute approximate surface area is 119 Å². The van der Waals surface area contributed by atoms with Gasteiger partial charge in [-0.05, 0) is 31.7 Å². The van der Waals surface area contributed by atoms with E-state index >= 15 is 0 Å². The van der Waals surface area contributed by atoms with Crippen LogP contribution in [-0.4, -0.2) is 33.2 Å². The highest BCUT2D eigenvalue weighted by molar-refractivity contribution is 5.84. The number of benzene rings is 1. The second-order valence-corrected chi connectivity index (χ2v) is 6.13. The van der Waals surface area contributed by atoms with Crippen LogP contribution in [0.1, 0.15) is 38.7 Å². The highest BCUT2D eigenvalue weighted by Crippen LogP contribution is 2.49. The summed E-state index contributed by atoms with van der Waals surface area (Å²) in [5, 5.41) is 14.1. The molecule has 0 aromatic heterocycles. The lowest BCUT2D eigenvalue weighted by Gasteiger charge is -2.51. The zero-order chi connectivity index (χ0) is 14.4. The van der Waals surface area contributed by atoms with Gasteiger partial charge in [0.25, 0.3) is 0 Å². The highest BCUT2D eigenvalue weighted by Gasteiger charge is 2.64. The zero-order valence-electron chi connectivity index (χ0n) is 12.1. The van der Waals surface area contributed by atoms with Gasteiger partial charge >= 0.3 is 0 Å². The molecule has 2 atom stereocenters. The van der Waals surface area contributed by atoms with Crippen molar-refractivity contribution in [1.82, 2.24) is 10.2 Å². The fourth-order valence-corrected chi connectivity index (χ4v) is 3.33. The minimum atomic E-state index is -0.989. The van der Waals surface area contributed by atoms with Gasteiger partial charge in [-0.1, -0.05) is 37.3 Å². The molecule has 108 valence electrons. The first-order chi connectivity index (χ1) is 9.50. The van der Waals surface area contributed by atoms with Crippen LogP contribution in [0, 0.1) is 0 Å². The lowest BCUT2D eigenvalue weighted by atomic mass is 9.92. The van der Waals surface area contributed by atoms with Gasteiger partial charge in [-0.15, -0.1) is 0 Å². The van der Waals surface area contributed by atoms with Gasteiger partial charge in [0.2, 0.25) is 5.91 Å². The number of hydrogen-bond donors (Lipinski definition) is 2. The fourth-order valence-electron chi connectivity index (χ4n) is 3.33. The number of rotatable bonds is 3. The number of amides is 1. The minimum absolute atomic E-state index is 0.0486. The van der Waals surface area contributed by atoms with E-state index in [2.05, 4.69) is 5.32 Å². The van der Waals surface area contributed by atoms with E-state index in [1.54, 1.807) is 0 Å². The highest BCUT2D eigenvalue weighted by atomic mass is 16.3. The second-order valence-electron chi connectivity index (χ2n) is 6.13. The van der Waals surface area contributed by atoms with E-state index in [4.69, 9.17) is 0 Å². The summed E-state index contributed by atoms with van der Waals surface area (Å²) in [5.74, 6) is 0.0486. The normalized spacial score (nSPS) is 32.1. The van der Waals surface area contributed by atoms with Crippen molar-refractivity contribution in [2.45, 2.75) is 57.0 Å². The number of piperazine rings is 1. The fraction of sp³-hybridized carbons (Fsp3) is 0.562. The third-order valence-electron chi connectivity index (χ3n) is 4.84. The molecule has 2 aliphatic rings. The molecular formula is C16H22N2O2. The maximum Gasteiger partial charge on any atom is 0.238 e. The minimum Gasteiger partial charge on any atom is -0.373 e. The van der Waals surface area contributed by atoms with Crippen LogP contribution in [0.2, 0.25) is 0 Å². The molecule has 1 unspecified atom stereocenters. The van der Waals surface area contributed by atoms with Crippen molar-refractivity contribution in [2.24, 2.45) is 0 Å². The first kappa shape index (κ1) is 13.6. The number of carbonyl (C=O) groups is 1. The van der Waals surface area contributed by atoms with Gasteiger partial charge in [0.1, 0.15) is 5.72 Å². The molecule has 2 fully saturated rings. The Hall–Kier alpha value is -1.39. The third kappa shape index (κ3) is 1.95. The lowest BCUT2D eigenvalue weighted by molar-refractivity contribution is -0.185. The van der Waals surface area contributed by atoms with E-state index in [1.165, 1.54) is 0 Å². The number of nitrogens with one attached hydrogen (secondary N) is 1. The summed E-state index contributed by atoms with van der Waals surface area (Å²) in [6.07, 6.45) is 2.41. The van der Waals surface area contributed by atoms with Gasteiger partial charge in [-0.3, -0.25) is 9.69 Å². The molecule has 20 heavy (non-hydrogen) atoms. The van der Waals surface area contributed by atoms with Crippen LogP contribution in [-0.2, 0) is 11.3 Å². The Morgan fingerprint density at radius 2 is 2.00 bits per heavy atom. The van der Waals surface area contributed by atoms with E-state index < -0.39 is 11.3 Å². The monoisotopic (exact) mass is 274 g/mol. The van der Waals surface area contributed by atoms with Gasteiger partial charge in [-0.2, -0.15) is 0 Å². The number of aliphatic hydroxyl groups is 1. The SMILES string of the molecule is CC[C@@H]1C(=O)NC2(CC2)C(C)(O)N1Cc1ccccc1. The maximum atomic E-state index is 12.3. The van der Waals surface area contributed by atoms with E-state index in [-0.39, 0.29) is 11.9 Å². The summed E-state index contributed by atoms with van der Waals surface area (Å²) in [5.41, 5.74) is -0.307. The Balaban J connectivity index is 1.92. The average Bonchev–Trinajstić information content (AvgIpc) is 3.19. The third-order valence-corrected chi connectivity index (χ3v) is 4.84. The average molecular weight is 274 g/mol. The van der Waals surface area contributed by atoms with E-state index in [1.807, 2.05) is 49.1 Å². The van der Waals surface area contributed by atoms with Crippen LogP contribution in [0.15, 0.2) is 30.3 Å². The largest absolute Gasteiger partial charge is 0.373 e. The molecule has 2 N–H and O–H groups in total. The summed E-state index contributed by atoms with van der Waals surface area (Å²) in [7, 11) is 0. The van der Waals surface area contributed by atoms with Gasteiger partial charge in [0.15, 0.2) is 0 Å². The molecule has 3 rings (SSSR count). The molecule has 0 bridgehead atoms. The van der Waals surface area contributed by atoms with Crippen molar-refractivity contribution in [3.8, 4) is 0 Å². The van der Waals surface area contributed by atoms with Crippen LogP contribution in [0.4, 0.5) is 0 Å². The predicted octanol–water partition coefficient (Wildman–Crippen LogP) is 1.64. The van der Waals surface area contributed by atoms with Crippen molar-refractivity contribution in [1.29, 1.82) is 0 Å². The summed E-state index contributed by atoms with van der Waals surface area (Å²) in [6, 6.07) is 9.76. The molecule has 0 radical (unpaired) electrons. The summed E-state index contributed by atoms with van der Waals surface area (Å²) in [4.78, 5) is 14.3. The molecule has 1 aromatic carbocycles. The Morgan fingerprint density at radius 3 is 2.55 bits per heavy atom. The first-order valence-electron chi connectivity index (χ1n) is 7.35. The standard InChI is InChI=1S/C16H22N2O2/c1-3-13-14(19)17-16(9-10-16)15(2,20)18(13)11-12-7-5-4-6-8-12/h4-8,13,20H,3,9-11H2,1-2H3,(H,17,19)/t13-,15?/m1/s1. The lowest BCUT2D eigenvalue weighted by Crippen LogP contribution is -2.72. The molecule has 1 saturated heterocycles. The maximum absolute atomic E-state index is 12.3. The Bertz CT molecular complexity index is 508. The molecule has 1 aliphatic carbocycles. The number of hydrogen-bond acceptors (Lipinski definition) is 3. The van der Waals surface area contributed by atoms with Crippen molar-refractivity contribution >= 4 is 5.91 Å². The van der Waals surface area contributed by atoms with E-state index in [9.17, 15) is 9.90 Å². The van der Waals surface area contributed by atoms with Gasteiger partial charge in [0, 0.05) is 6.54 Å². The Kier molecular flexibility index (Phi) is 3.10. The van der Waals surface area contributed by atoms with Crippen LogP contribution in [0.5, 0.6) is 0 Å². The smallest absolute Gasteiger partial charge is 0.238 e. The molecule has 1 aromatic rings. The molecule has 1 saturated carbocycles. The zero-order valence-corrected chi connectivity index (χ0v) is 12.1. The summed E-state index contributed by atoms with van der Waals surface area (Å²) < 4.78 is 0. The van der Waals surface area contributed by atoms with Crippen molar-refractivity contribution in [2.75, 3.05) is 0 Å². The van der Waals surface area contributed by atoms with Gasteiger partial charge in [-0.25, -0.2) is 0 Å². The van der Waals surface area contributed by atoms with Crippen molar-refractivity contribution < 1.29 is 9.90 Å². The van der Waals surface area contributed by atoms with Crippen LogP contribution >= 0.6 is 0 Å². The molecule has 1 heterocycles. The summed E-state index contributed by atoms with van der Waals surface area (Å²) >= 11 is 0. The van der Waals surface area contributed by atoms with Gasteiger partial charge < -0.3 is 10.4 Å². The summed E-state index contributed by atoms with van der Waals surface area (Å²) in [6.45, 7) is 4.43. The molecule has 1 amide bonds. The van der Waals surface area contributed by atoms with Crippen LogP contribution in [0.3, 0.4) is 0 Å². The Morgan fingerprint density at radius 1 is 1.35 bits per heavy atom. The molecule has 4 heteroatoms. The second kappa shape index (κ2) is 4.57. The molecule has 4 nitrogen and oxygen atoms in total. The number of carbonyl (C=O) groups excluding carboxylic acids is 1. The van der Waals surface area contributed by atoms with Crippen molar-refractivity contribution in [3.63, 3.8) is 0 Å². The molecular weight excluding hydrogens is 252 g/mol. The quantitative estimate of drug-likeness (QED) is 0.881. The van der Waals surface area contributed by atoms with Gasteiger partial charge in [0.05, 0.1) is 11.6 Å². The van der Waals surface area contributed by atoms with E-state index in [0.717, 1.165) is 18.4 Å². The molecule has 1 aliphatic heterocycles. The van der Waals surface area contributed by atoms with Crippen molar-refractivity contribution in [3.05, 3.63) is 35.9 Å². The van der Waals surface area contributed by atoms with Crippen LogP contribution in [0.25, 0.3) is 0 Å². The van der Waals surface area contributed by atoms with E-state index in [0.29, 0.717) is 13.0 Å².